The second-order valence-electron chi connectivity index (χ2n) is 4.52. The first-order valence-electron chi connectivity index (χ1n) is 6.29. The van der Waals surface area contributed by atoms with Gasteiger partial charge in [0.2, 0.25) is 0 Å². The van der Waals surface area contributed by atoms with E-state index < -0.39 is 0 Å². The molecule has 100 valence electrons. The fourth-order valence-corrected chi connectivity index (χ4v) is 2.35. The number of carbonyl (C=O) groups is 1. The average Bonchev–Trinajstić information content (AvgIpc) is 2.80. The maximum atomic E-state index is 11.0. The summed E-state index contributed by atoms with van der Waals surface area (Å²) < 4.78 is 6.97. The van der Waals surface area contributed by atoms with Gasteiger partial charge in [0.25, 0.3) is 0 Å². The van der Waals surface area contributed by atoms with E-state index in [2.05, 4.69) is 5.10 Å². The van der Waals surface area contributed by atoms with Crippen LogP contribution in [0.4, 0.5) is 0 Å². The number of hydrogen-bond acceptors (Lipinski definition) is 3. The monoisotopic (exact) mass is 258 g/mol. The number of hydrogen-bond donors (Lipinski definition) is 0. The molecule has 4 nitrogen and oxygen atoms in total. The van der Waals surface area contributed by atoms with Crippen LogP contribution in [0.25, 0.3) is 11.3 Å². The summed E-state index contributed by atoms with van der Waals surface area (Å²) in [6.45, 7) is 6.70. The Morgan fingerprint density at radius 3 is 2.32 bits per heavy atom. The molecular formula is C15H18N2O2. The van der Waals surface area contributed by atoms with Crippen molar-refractivity contribution in [3.63, 3.8) is 0 Å². The van der Waals surface area contributed by atoms with E-state index >= 15 is 0 Å². The van der Waals surface area contributed by atoms with Crippen molar-refractivity contribution in [1.29, 1.82) is 0 Å². The summed E-state index contributed by atoms with van der Waals surface area (Å²) >= 11 is 0. The van der Waals surface area contributed by atoms with E-state index in [1.54, 1.807) is 11.8 Å². The smallest absolute Gasteiger partial charge is 0.168 e. The zero-order valence-corrected chi connectivity index (χ0v) is 11.7. The third-order valence-electron chi connectivity index (χ3n) is 3.23. The number of aromatic nitrogens is 2. The van der Waals surface area contributed by atoms with Crippen molar-refractivity contribution in [2.75, 3.05) is 7.11 Å². The number of carbonyl (C=O) groups excluding carboxylic acids is 1. The molecule has 1 heterocycles. The van der Waals surface area contributed by atoms with Gasteiger partial charge in [-0.2, -0.15) is 5.10 Å². The summed E-state index contributed by atoms with van der Waals surface area (Å²) in [5.41, 5.74) is 4.69. The van der Waals surface area contributed by atoms with Gasteiger partial charge in [0.1, 0.15) is 11.4 Å². The highest BCUT2D eigenvalue weighted by Crippen LogP contribution is 2.30. The van der Waals surface area contributed by atoms with Crippen molar-refractivity contribution in [2.45, 2.75) is 27.3 Å². The third kappa shape index (κ3) is 2.38. The van der Waals surface area contributed by atoms with Gasteiger partial charge in [0, 0.05) is 12.1 Å². The fraction of sp³-hybridized carbons (Fsp3) is 0.333. The topological polar surface area (TPSA) is 44.1 Å². The highest BCUT2D eigenvalue weighted by Gasteiger charge is 2.13. The van der Waals surface area contributed by atoms with Crippen LogP contribution in [0.2, 0.25) is 0 Å². The first-order chi connectivity index (χ1) is 9.10. The molecule has 0 radical (unpaired) electrons. The summed E-state index contributed by atoms with van der Waals surface area (Å²) in [7, 11) is 1.66. The van der Waals surface area contributed by atoms with Crippen LogP contribution in [0, 0.1) is 13.8 Å². The fourth-order valence-electron chi connectivity index (χ4n) is 2.35. The van der Waals surface area contributed by atoms with Crippen molar-refractivity contribution < 1.29 is 9.53 Å². The van der Waals surface area contributed by atoms with E-state index in [1.807, 2.05) is 39.0 Å². The van der Waals surface area contributed by atoms with E-state index in [0.717, 1.165) is 34.4 Å². The zero-order chi connectivity index (χ0) is 14.0. The van der Waals surface area contributed by atoms with E-state index in [1.165, 1.54) is 0 Å². The maximum absolute atomic E-state index is 11.0. The van der Waals surface area contributed by atoms with Crippen LogP contribution in [0.15, 0.2) is 18.2 Å². The predicted molar refractivity (Wildman–Crippen MR) is 74.8 cm³/mol. The minimum atomic E-state index is 0.604. The third-order valence-corrected chi connectivity index (χ3v) is 3.23. The van der Waals surface area contributed by atoms with Crippen LogP contribution < -0.4 is 4.74 Å². The molecular weight excluding hydrogens is 240 g/mol. The molecule has 0 spiro atoms. The second kappa shape index (κ2) is 5.26. The lowest BCUT2D eigenvalue weighted by Gasteiger charge is -2.10. The van der Waals surface area contributed by atoms with Crippen LogP contribution in [0.3, 0.4) is 0 Å². The highest BCUT2D eigenvalue weighted by atomic mass is 16.5. The summed E-state index contributed by atoms with van der Waals surface area (Å²) in [6.07, 6.45) is 0.841. The van der Waals surface area contributed by atoms with Crippen molar-refractivity contribution in [3.05, 3.63) is 35.0 Å². The lowest BCUT2D eigenvalue weighted by molar-refractivity contribution is 0.111. The summed E-state index contributed by atoms with van der Waals surface area (Å²) in [5, 5.41) is 4.49. The van der Waals surface area contributed by atoms with Crippen LogP contribution in [-0.4, -0.2) is 23.2 Å². The zero-order valence-electron chi connectivity index (χ0n) is 11.7. The molecule has 4 heteroatoms. The normalized spacial score (nSPS) is 10.5. The highest BCUT2D eigenvalue weighted by molar-refractivity contribution is 5.77. The van der Waals surface area contributed by atoms with Gasteiger partial charge in [-0.1, -0.05) is 0 Å². The molecule has 0 bridgehead atoms. The number of methoxy groups -OCH3 is 1. The molecule has 1 aromatic carbocycles. The minimum Gasteiger partial charge on any atom is -0.497 e. The van der Waals surface area contributed by atoms with Crippen LogP contribution in [0.1, 0.15) is 28.5 Å². The second-order valence-corrected chi connectivity index (χ2v) is 4.52. The lowest BCUT2D eigenvalue weighted by Crippen LogP contribution is -2.01. The van der Waals surface area contributed by atoms with Gasteiger partial charge in [-0.15, -0.1) is 0 Å². The van der Waals surface area contributed by atoms with Gasteiger partial charge in [-0.05, 0) is 50.1 Å². The Kier molecular flexibility index (Phi) is 3.69. The summed E-state index contributed by atoms with van der Waals surface area (Å²) in [4.78, 5) is 11.0. The molecule has 1 aromatic heterocycles. The molecule has 2 rings (SSSR count). The minimum absolute atomic E-state index is 0.604. The molecule has 0 fully saturated rings. The number of rotatable bonds is 4. The standard InChI is InChI=1S/C15H18N2O2/c1-5-17-12(9-18)8-14(16-17)15-10(2)6-13(19-4)7-11(15)3/h6-9H,5H2,1-4H3. The van der Waals surface area contributed by atoms with E-state index in [9.17, 15) is 4.79 Å². The van der Waals surface area contributed by atoms with E-state index in [0.29, 0.717) is 12.2 Å². The largest absolute Gasteiger partial charge is 0.497 e. The molecule has 0 saturated carbocycles. The van der Waals surface area contributed by atoms with Crippen LogP contribution >= 0.6 is 0 Å². The van der Waals surface area contributed by atoms with Crippen LogP contribution in [0.5, 0.6) is 5.75 Å². The molecule has 0 unspecified atom stereocenters. The molecule has 2 aromatic rings. The Labute approximate surface area is 113 Å². The average molecular weight is 258 g/mol. The first-order valence-corrected chi connectivity index (χ1v) is 6.29. The Morgan fingerprint density at radius 2 is 1.89 bits per heavy atom. The Bertz CT molecular complexity index is 592. The van der Waals surface area contributed by atoms with Crippen molar-refractivity contribution in [3.8, 4) is 17.0 Å². The van der Waals surface area contributed by atoms with Crippen molar-refractivity contribution >= 4 is 6.29 Å². The molecule has 0 aliphatic carbocycles. The van der Waals surface area contributed by atoms with Gasteiger partial charge in [0.15, 0.2) is 6.29 Å². The Balaban J connectivity index is 2.58. The molecule has 0 aliphatic rings. The SMILES string of the molecule is CCn1nc(-c2c(C)cc(OC)cc2C)cc1C=O. The van der Waals surface area contributed by atoms with Crippen molar-refractivity contribution in [1.82, 2.24) is 9.78 Å². The predicted octanol–water partition coefficient (Wildman–Crippen LogP) is 3.01. The number of ether oxygens (including phenoxy) is 1. The number of aldehydes is 1. The van der Waals surface area contributed by atoms with Gasteiger partial charge in [-0.3, -0.25) is 9.48 Å². The van der Waals surface area contributed by atoms with Gasteiger partial charge >= 0.3 is 0 Å². The number of benzene rings is 1. The first kappa shape index (κ1) is 13.3. The molecule has 0 amide bonds. The number of aryl methyl sites for hydroxylation is 3. The maximum Gasteiger partial charge on any atom is 0.168 e. The quantitative estimate of drug-likeness (QED) is 0.792. The summed E-state index contributed by atoms with van der Waals surface area (Å²) in [6, 6.07) is 5.79. The molecule has 0 atom stereocenters. The molecule has 0 N–H and O–H groups in total. The molecule has 0 saturated heterocycles. The van der Waals surface area contributed by atoms with Gasteiger partial charge in [-0.25, -0.2) is 0 Å². The summed E-state index contributed by atoms with van der Waals surface area (Å²) in [5.74, 6) is 0.837. The van der Waals surface area contributed by atoms with Gasteiger partial charge in [0.05, 0.1) is 12.8 Å². The van der Waals surface area contributed by atoms with Gasteiger partial charge < -0.3 is 4.74 Å². The van der Waals surface area contributed by atoms with Crippen molar-refractivity contribution in [2.24, 2.45) is 0 Å². The molecule has 19 heavy (non-hydrogen) atoms. The van der Waals surface area contributed by atoms with E-state index in [4.69, 9.17) is 4.74 Å². The van der Waals surface area contributed by atoms with E-state index in [-0.39, 0.29) is 0 Å². The molecule has 0 aliphatic heterocycles. The van der Waals surface area contributed by atoms with Crippen LogP contribution in [-0.2, 0) is 6.54 Å². The Morgan fingerprint density at radius 1 is 1.26 bits per heavy atom. The number of nitrogens with zero attached hydrogens (tertiary/aromatic N) is 2. The lowest BCUT2D eigenvalue weighted by atomic mass is 9.99. The Hall–Kier alpha value is -2.10.